The molecule has 0 bridgehead atoms. The largest absolute Gasteiger partial charge is 0.461 e. The molecule has 0 amide bonds. The topological polar surface area (TPSA) is 9.23 Å². The fraction of sp³-hybridized carbons (Fsp3) is 0.579. The Bertz CT molecular complexity index is 563. The lowest BCUT2D eigenvalue weighted by molar-refractivity contribution is -0.253. The van der Waals surface area contributed by atoms with Gasteiger partial charge in [0.2, 0.25) is 0 Å². The minimum Gasteiger partial charge on any atom is -0.428 e. The monoisotopic (exact) mass is 342 g/mol. The summed E-state index contributed by atoms with van der Waals surface area (Å²) in [4.78, 5) is 0. The Morgan fingerprint density at radius 1 is 1.12 bits per heavy atom. The molecule has 1 aliphatic rings. The van der Waals surface area contributed by atoms with Crippen molar-refractivity contribution in [2.24, 2.45) is 11.8 Å². The number of alkyl halides is 4. The van der Waals surface area contributed by atoms with E-state index in [2.05, 4.69) is 23.5 Å². The highest BCUT2D eigenvalue weighted by molar-refractivity contribution is 5.38. The van der Waals surface area contributed by atoms with E-state index in [0.717, 1.165) is 18.8 Å². The van der Waals surface area contributed by atoms with Gasteiger partial charge in [0, 0.05) is 11.5 Å². The van der Waals surface area contributed by atoms with Crippen LogP contribution in [0.5, 0.6) is 5.75 Å². The predicted octanol–water partition coefficient (Wildman–Crippen LogP) is 5.88. The molecular formula is C19H22F4O. The lowest BCUT2D eigenvalue weighted by atomic mass is 9.80. The Morgan fingerprint density at radius 2 is 1.75 bits per heavy atom. The molecule has 2 rings (SSSR count). The van der Waals surface area contributed by atoms with Gasteiger partial charge in [-0.05, 0) is 55.9 Å². The standard InChI is InChI=1S/C19H22F4O/c1-2-3-14-4-6-15(7-5-14)8-9-16-10-12-17(13-11-16)24-19(22,23)18(20)21/h10-15,18H,2-7H2,1H3. The number of hydrogen-bond donors (Lipinski definition) is 0. The first-order valence-electron chi connectivity index (χ1n) is 8.37. The average Bonchev–Trinajstić information content (AvgIpc) is 2.55. The van der Waals surface area contributed by atoms with Gasteiger partial charge in [0.1, 0.15) is 5.75 Å². The highest BCUT2D eigenvalue weighted by Gasteiger charge is 2.43. The van der Waals surface area contributed by atoms with E-state index in [9.17, 15) is 17.6 Å². The van der Waals surface area contributed by atoms with Crippen LogP contribution < -0.4 is 4.74 Å². The molecule has 0 N–H and O–H groups in total. The summed E-state index contributed by atoms with van der Waals surface area (Å²) in [5.74, 6) is 7.15. The molecule has 0 heterocycles. The summed E-state index contributed by atoms with van der Waals surface area (Å²) in [6.45, 7) is 2.20. The van der Waals surface area contributed by atoms with Gasteiger partial charge < -0.3 is 4.74 Å². The first-order chi connectivity index (χ1) is 11.4. The Kier molecular flexibility index (Phi) is 6.53. The molecule has 1 fully saturated rings. The van der Waals surface area contributed by atoms with Crippen LogP contribution in [-0.4, -0.2) is 12.5 Å². The smallest absolute Gasteiger partial charge is 0.428 e. The van der Waals surface area contributed by atoms with Crippen LogP contribution >= 0.6 is 0 Å². The van der Waals surface area contributed by atoms with E-state index in [1.54, 1.807) is 0 Å². The molecule has 132 valence electrons. The van der Waals surface area contributed by atoms with Crippen LogP contribution in [0.1, 0.15) is 51.0 Å². The maximum atomic E-state index is 12.8. The van der Waals surface area contributed by atoms with Crippen molar-refractivity contribution in [1.82, 2.24) is 0 Å². The maximum Gasteiger partial charge on any atom is 0.461 e. The zero-order chi connectivity index (χ0) is 17.6. The second kappa shape index (κ2) is 8.41. The third kappa shape index (κ3) is 5.43. The summed E-state index contributed by atoms with van der Waals surface area (Å²) in [7, 11) is 0. The summed E-state index contributed by atoms with van der Waals surface area (Å²) in [6, 6.07) is 5.48. The molecule has 1 aromatic carbocycles. The summed E-state index contributed by atoms with van der Waals surface area (Å²) >= 11 is 0. The van der Waals surface area contributed by atoms with Gasteiger partial charge in [-0.15, -0.1) is 0 Å². The summed E-state index contributed by atoms with van der Waals surface area (Å²) in [5, 5.41) is 0. The first kappa shape index (κ1) is 18.6. The fourth-order valence-corrected chi connectivity index (χ4v) is 3.00. The minimum absolute atomic E-state index is 0.300. The van der Waals surface area contributed by atoms with Gasteiger partial charge in [0.15, 0.2) is 0 Å². The lowest BCUT2D eigenvalue weighted by Crippen LogP contribution is -2.33. The Balaban J connectivity index is 1.89. The van der Waals surface area contributed by atoms with E-state index in [1.807, 2.05) is 0 Å². The van der Waals surface area contributed by atoms with E-state index in [-0.39, 0.29) is 5.75 Å². The normalized spacial score (nSPS) is 21.2. The van der Waals surface area contributed by atoms with Crippen LogP contribution in [0, 0.1) is 23.7 Å². The molecule has 0 aromatic heterocycles. The summed E-state index contributed by atoms with van der Waals surface area (Å²) < 4.78 is 53.8. The van der Waals surface area contributed by atoms with Crippen molar-refractivity contribution in [2.45, 2.75) is 58.0 Å². The molecule has 0 radical (unpaired) electrons. The van der Waals surface area contributed by atoms with Crippen LogP contribution in [0.15, 0.2) is 24.3 Å². The number of rotatable bonds is 5. The molecule has 24 heavy (non-hydrogen) atoms. The molecule has 0 atom stereocenters. The number of ether oxygens (including phenoxy) is 1. The van der Waals surface area contributed by atoms with Gasteiger partial charge in [0.05, 0.1) is 0 Å². The van der Waals surface area contributed by atoms with Gasteiger partial charge in [-0.3, -0.25) is 0 Å². The molecule has 0 unspecified atom stereocenters. The van der Waals surface area contributed by atoms with Crippen LogP contribution in [-0.2, 0) is 0 Å². The van der Waals surface area contributed by atoms with Gasteiger partial charge in [0.25, 0.3) is 0 Å². The van der Waals surface area contributed by atoms with E-state index in [0.29, 0.717) is 11.5 Å². The predicted molar refractivity (Wildman–Crippen MR) is 85.3 cm³/mol. The molecule has 1 saturated carbocycles. The minimum atomic E-state index is -4.48. The molecular weight excluding hydrogens is 320 g/mol. The van der Waals surface area contributed by atoms with Crippen molar-refractivity contribution in [3.8, 4) is 17.6 Å². The van der Waals surface area contributed by atoms with Crippen molar-refractivity contribution >= 4 is 0 Å². The van der Waals surface area contributed by atoms with Crippen LogP contribution in [0.4, 0.5) is 17.6 Å². The second-order valence-corrected chi connectivity index (χ2v) is 6.26. The molecule has 0 saturated heterocycles. The Labute approximate surface area is 140 Å². The molecule has 0 spiro atoms. The van der Waals surface area contributed by atoms with E-state index < -0.39 is 12.5 Å². The Morgan fingerprint density at radius 3 is 2.29 bits per heavy atom. The van der Waals surface area contributed by atoms with E-state index >= 15 is 0 Å². The molecule has 5 heteroatoms. The highest BCUT2D eigenvalue weighted by Crippen LogP contribution is 2.31. The average molecular weight is 342 g/mol. The number of hydrogen-bond acceptors (Lipinski definition) is 1. The highest BCUT2D eigenvalue weighted by atomic mass is 19.3. The van der Waals surface area contributed by atoms with Crippen molar-refractivity contribution in [1.29, 1.82) is 0 Å². The van der Waals surface area contributed by atoms with Crippen LogP contribution in [0.25, 0.3) is 0 Å². The lowest BCUT2D eigenvalue weighted by Gasteiger charge is -2.25. The quantitative estimate of drug-likeness (QED) is 0.479. The summed E-state index contributed by atoms with van der Waals surface area (Å²) in [6.07, 6.45) is -1.22. The third-order valence-corrected chi connectivity index (χ3v) is 4.33. The molecule has 1 nitrogen and oxygen atoms in total. The van der Waals surface area contributed by atoms with Crippen molar-refractivity contribution in [3.05, 3.63) is 29.8 Å². The molecule has 1 aliphatic carbocycles. The first-order valence-corrected chi connectivity index (χ1v) is 8.37. The van der Waals surface area contributed by atoms with Gasteiger partial charge in [-0.2, -0.15) is 17.6 Å². The SMILES string of the molecule is CCCC1CCC(C#Cc2ccc(OC(F)(F)C(F)F)cc2)CC1. The van der Waals surface area contributed by atoms with Gasteiger partial charge >= 0.3 is 12.5 Å². The van der Waals surface area contributed by atoms with Gasteiger partial charge in [-0.1, -0.05) is 31.6 Å². The maximum absolute atomic E-state index is 12.8. The van der Waals surface area contributed by atoms with Gasteiger partial charge in [-0.25, -0.2) is 0 Å². The third-order valence-electron chi connectivity index (χ3n) is 4.33. The molecule has 1 aromatic rings. The van der Waals surface area contributed by atoms with E-state index in [4.69, 9.17) is 0 Å². The number of halogens is 4. The Hall–Kier alpha value is -1.70. The zero-order valence-corrected chi connectivity index (χ0v) is 13.7. The number of benzene rings is 1. The second-order valence-electron chi connectivity index (χ2n) is 6.26. The zero-order valence-electron chi connectivity index (χ0n) is 13.7. The van der Waals surface area contributed by atoms with Crippen molar-refractivity contribution < 1.29 is 22.3 Å². The van der Waals surface area contributed by atoms with Crippen molar-refractivity contribution in [3.63, 3.8) is 0 Å². The molecule has 0 aliphatic heterocycles. The van der Waals surface area contributed by atoms with Crippen molar-refractivity contribution in [2.75, 3.05) is 0 Å². The van der Waals surface area contributed by atoms with Crippen LogP contribution in [0.2, 0.25) is 0 Å². The fourth-order valence-electron chi connectivity index (χ4n) is 3.00. The summed E-state index contributed by atoms with van der Waals surface area (Å²) in [5.41, 5.74) is 0.665. The van der Waals surface area contributed by atoms with E-state index in [1.165, 1.54) is 49.9 Å². The van der Waals surface area contributed by atoms with Crippen LogP contribution in [0.3, 0.4) is 0 Å².